The van der Waals surface area contributed by atoms with Gasteiger partial charge in [0.25, 0.3) is 5.91 Å². The van der Waals surface area contributed by atoms with Crippen molar-refractivity contribution in [3.8, 4) is 11.8 Å². The van der Waals surface area contributed by atoms with Crippen molar-refractivity contribution in [3.05, 3.63) is 29.8 Å². The number of para-hydroxylation sites is 1. The smallest absolute Gasteiger partial charge is 0.258 e. The van der Waals surface area contributed by atoms with Crippen LogP contribution in [0.15, 0.2) is 24.3 Å². The molecule has 1 atom stereocenters. The van der Waals surface area contributed by atoms with Crippen LogP contribution in [0, 0.1) is 17.2 Å². The molecular weight excluding hydrogens is 244 g/mol. The zero-order chi connectivity index (χ0) is 14.3. The molecule has 5 nitrogen and oxygen atoms in total. The van der Waals surface area contributed by atoms with Crippen molar-refractivity contribution in [3.63, 3.8) is 0 Å². The number of nitrogens with zero attached hydrogens (tertiary/aromatic N) is 1. The Hall–Kier alpha value is -2.06. The van der Waals surface area contributed by atoms with Crippen LogP contribution < -0.4 is 10.1 Å². The number of rotatable bonds is 6. The first-order valence-corrected chi connectivity index (χ1v) is 6.10. The van der Waals surface area contributed by atoms with E-state index >= 15 is 0 Å². The van der Waals surface area contributed by atoms with E-state index in [1.165, 1.54) is 0 Å². The van der Waals surface area contributed by atoms with Crippen molar-refractivity contribution in [2.75, 3.05) is 13.2 Å². The number of hydrogen-bond donors (Lipinski definition) is 2. The van der Waals surface area contributed by atoms with Crippen LogP contribution in [0.2, 0.25) is 0 Å². The summed E-state index contributed by atoms with van der Waals surface area (Å²) in [6.45, 7) is 3.53. The van der Waals surface area contributed by atoms with E-state index in [0.29, 0.717) is 11.3 Å². The molecule has 2 N–H and O–H groups in total. The molecule has 0 bridgehead atoms. The van der Waals surface area contributed by atoms with Crippen molar-refractivity contribution >= 4 is 5.91 Å². The lowest BCUT2D eigenvalue weighted by Gasteiger charge is -2.19. The predicted molar refractivity (Wildman–Crippen MR) is 70.5 cm³/mol. The standard InChI is InChI=1S/C14H18N2O3/c1-10(2)12(8-17)16-14(18)9-19-13-6-4-3-5-11(13)7-15/h3-6,10,12,17H,8-9H2,1-2H3,(H,16,18). The van der Waals surface area contributed by atoms with Crippen LogP contribution >= 0.6 is 0 Å². The zero-order valence-electron chi connectivity index (χ0n) is 11.1. The number of amides is 1. The minimum absolute atomic E-state index is 0.113. The Morgan fingerprint density at radius 1 is 1.47 bits per heavy atom. The fraction of sp³-hybridized carbons (Fsp3) is 0.429. The number of carbonyl (C=O) groups is 1. The number of benzene rings is 1. The maximum absolute atomic E-state index is 11.7. The van der Waals surface area contributed by atoms with Crippen molar-refractivity contribution in [1.82, 2.24) is 5.32 Å². The number of aliphatic hydroxyl groups is 1. The van der Waals surface area contributed by atoms with Gasteiger partial charge in [-0.3, -0.25) is 4.79 Å². The van der Waals surface area contributed by atoms with Crippen LogP contribution in [0.3, 0.4) is 0 Å². The number of nitriles is 1. The third-order valence-corrected chi connectivity index (χ3v) is 2.71. The summed E-state index contributed by atoms with van der Waals surface area (Å²) in [6.07, 6.45) is 0. The van der Waals surface area contributed by atoms with Gasteiger partial charge in [0.1, 0.15) is 11.8 Å². The molecule has 1 rings (SSSR count). The highest BCUT2D eigenvalue weighted by Crippen LogP contribution is 2.16. The van der Waals surface area contributed by atoms with Gasteiger partial charge in [-0.05, 0) is 18.1 Å². The summed E-state index contributed by atoms with van der Waals surface area (Å²) >= 11 is 0. The first-order valence-electron chi connectivity index (χ1n) is 6.10. The van der Waals surface area contributed by atoms with E-state index in [1.807, 2.05) is 19.9 Å². The van der Waals surface area contributed by atoms with E-state index in [4.69, 9.17) is 15.1 Å². The summed E-state index contributed by atoms with van der Waals surface area (Å²) in [4.78, 5) is 11.7. The summed E-state index contributed by atoms with van der Waals surface area (Å²) in [5, 5.41) is 20.7. The zero-order valence-corrected chi connectivity index (χ0v) is 11.1. The minimum atomic E-state index is -0.319. The number of hydrogen-bond acceptors (Lipinski definition) is 4. The van der Waals surface area contributed by atoms with E-state index in [-0.39, 0.29) is 31.1 Å². The molecule has 1 aromatic rings. The maximum Gasteiger partial charge on any atom is 0.258 e. The van der Waals surface area contributed by atoms with E-state index in [2.05, 4.69) is 5.32 Å². The van der Waals surface area contributed by atoms with Crippen LogP contribution in [0.1, 0.15) is 19.4 Å². The molecule has 0 aliphatic carbocycles. The Labute approximate surface area is 112 Å². The van der Waals surface area contributed by atoms with Gasteiger partial charge >= 0.3 is 0 Å². The molecule has 1 aromatic carbocycles. The van der Waals surface area contributed by atoms with Gasteiger partial charge in [0.05, 0.1) is 18.2 Å². The van der Waals surface area contributed by atoms with E-state index in [9.17, 15) is 4.79 Å². The van der Waals surface area contributed by atoms with Gasteiger partial charge in [-0.15, -0.1) is 0 Å². The molecule has 0 radical (unpaired) electrons. The molecule has 19 heavy (non-hydrogen) atoms. The van der Waals surface area contributed by atoms with Crippen LogP contribution in [0.25, 0.3) is 0 Å². The molecule has 5 heteroatoms. The molecular formula is C14H18N2O3. The van der Waals surface area contributed by atoms with Crippen molar-refractivity contribution in [2.24, 2.45) is 5.92 Å². The predicted octanol–water partition coefficient (Wildman–Crippen LogP) is 1.07. The second kappa shape index (κ2) is 7.39. The third kappa shape index (κ3) is 4.60. The topological polar surface area (TPSA) is 82.3 Å². The number of carbonyl (C=O) groups excluding carboxylic acids is 1. The highest BCUT2D eigenvalue weighted by molar-refractivity contribution is 5.78. The molecule has 0 fully saturated rings. The summed E-state index contributed by atoms with van der Waals surface area (Å²) in [6, 6.07) is 8.43. The average molecular weight is 262 g/mol. The highest BCUT2D eigenvalue weighted by Gasteiger charge is 2.15. The Morgan fingerprint density at radius 3 is 2.74 bits per heavy atom. The number of nitrogens with one attached hydrogen (secondary N) is 1. The molecule has 0 aliphatic rings. The van der Waals surface area contributed by atoms with Crippen molar-refractivity contribution < 1.29 is 14.6 Å². The fourth-order valence-electron chi connectivity index (χ4n) is 1.50. The summed E-state index contributed by atoms with van der Waals surface area (Å²) in [5.74, 6) is 0.200. The minimum Gasteiger partial charge on any atom is -0.482 e. The molecule has 0 aromatic heterocycles. The van der Waals surface area contributed by atoms with Gasteiger partial charge in [-0.2, -0.15) is 5.26 Å². The van der Waals surface area contributed by atoms with Crippen LogP contribution in [0.5, 0.6) is 5.75 Å². The summed E-state index contributed by atoms with van der Waals surface area (Å²) in [5.41, 5.74) is 0.387. The van der Waals surface area contributed by atoms with Gasteiger partial charge in [-0.1, -0.05) is 26.0 Å². The molecule has 0 saturated carbocycles. The van der Waals surface area contributed by atoms with E-state index < -0.39 is 0 Å². The van der Waals surface area contributed by atoms with Crippen molar-refractivity contribution in [1.29, 1.82) is 5.26 Å². The van der Waals surface area contributed by atoms with Crippen molar-refractivity contribution in [2.45, 2.75) is 19.9 Å². The van der Waals surface area contributed by atoms with Gasteiger partial charge in [0, 0.05) is 0 Å². The lowest BCUT2D eigenvalue weighted by Crippen LogP contribution is -2.43. The lowest BCUT2D eigenvalue weighted by atomic mass is 10.1. The fourth-order valence-corrected chi connectivity index (χ4v) is 1.50. The maximum atomic E-state index is 11.7. The van der Waals surface area contributed by atoms with E-state index in [0.717, 1.165) is 0 Å². The Balaban J connectivity index is 2.53. The molecule has 1 amide bonds. The van der Waals surface area contributed by atoms with Gasteiger partial charge in [0.2, 0.25) is 0 Å². The van der Waals surface area contributed by atoms with Crippen LogP contribution in [0.4, 0.5) is 0 Å². The summed E-state index contributed by atoms with van der Waals surface area (Å²) < 4.78 is 5.30. The molecule has 0 heterocycles. The monoisotopic (exact) mass is 262 g/mol. The molecule has 102 valence electrons. The Bertz CT molecular complexity index is 466. The molecule has 0 aliphatic heterocycles. The molecule has 0 saturated heterocycles. The first-order chi connectivity index (χ1) is 9.08. The largest absolute Gasteiger partial charge is 0.482 e. The first kappa shape index (κ1) is 15.0. The second-order valence-corrected chi connectivity index (χ2v) is 4.50. The Kier molecular flexibility index (Phi) is 5.83. The van der Waals surface area contributed by atoms with Crippen LogP contribution in [-0.4, -0.2) is 30.3 Å². The quantitative estimate of drug-likeness (QED) is 0.803. The Morgan fingerprint density at radius 2 is 2.16 bits per heavy atom. The van der Waals surface area contributed by atoms with Crippen LogP contribution in [-0.2, 0) is 4.79 Å². The lowest BCUT2D eigenvalue weighted by molar-refractivity contribution is -0.124. The number of ether oxygens (including phenoxy) is 1. The third-order valence-electron chi connectivity index (χ3n) is 2.71. The normalized spacial score (nSPS) is 11.7. The van der Waals surface area contributed by atoms with Gasteiger partial charge in [-0.25, -0.2) is 0 Å². The van der Waals surface area contributed by atoms with E-state index in [1.54, 1.807) is 24.3 Å². The SMILES string of the molecule is CC(C)C(CO)NC(=O)COc1ccccc1C#N. The average Bonchev–Trinajstić information content (AvgIpc) is 2.42. The van der Waals surface area contributed by atoms with Gasteiger partial charge < -0.3 is 15.2 Å². The molecule has 1 unspecified atom stereocenters. The second-order valence-electron chi connectivity index (χ2n) is 4.50. The summed E-state index contributed by atoms with van der Waals surface area (Å²) in [7, 11) is 0. The highest BCUT2D eigenvalue weighted by atomic mass is 16.5. The van der Waals surface area contributed by atoms with Gasteiger partial charge in [0.15, 0.2) is 6.61 Å². The number of aliphatic hydroxyl groups excluding tert-OH is 1. The molecule has 0 spiro atoms.